The van der Waals surface area contributed by atoms with Gasteiger partial charge in [-0.3, -0.25) is 9.59 Å². The smallest absolute Gasteiger partial charge is 0.312 e. The molecule has 1 aliphatic heterocycles. The Kier molecular flexibility index (Phi) is 6.73. The lowest BCUT2D eigenvalue weighted by molar-refractivity contribution is -0.146. The standard InChI is InChI=1S/C21H25N3O4/c1-27-18-7-9-19(10-8-18)28-16-11-22-20(25)21(26)24-14-12-23(13-15-24)17-5-3-2-4-6-17/h2-10H,11-16H2,1H3,(H,22,25). The van der Waals surface area contributed by atoms with Crippen molar-refractivity contribution in [3.05, 3.63) is 54.6 Å². The third-order valence-electron chi connectivity index (χ3n) is 4.60. The highest BCUT2D eigenvalue weighted by Crippen LogP contribution is 2.17. The fourth-order valence-corrected chi connectivity index (χ4v) is 3.03. The number of methoxy groups -OCH3 is 1. The van der Waals surface area contributed by atoms with Crippen LogP contribution in [0.25, 0.3) is 0 Å². The number of carbonyl (C=O) groups is 2. The van der Waals surface area contributed by atoms with E-state index >= 15 is 0 Å². The van der Waals surface area contributed by atoms with Gasteiger partial charge in [-0.05, 0) is 36.4 Å². The van der Waals surface area contributed by atoms with Crippen molar-refractivity contribution >= 4 is 17.5 Å². The van der Waals surface area contributed by atoms with Crippen LogP contribution in [-0.4, -0.2) is 63.2 Å². The second-order valence-electron chi connectivity index (χ2n) is 6.39. The summed E-state index contributed by atoms with van der Waals surface area (Å²) in [5.74, 6) is 0.348. The summed E-state index contributed by atoms with van der Waals surface area (Å²) in [5, 5.41) is 2.62. The van der Waals surface area contributed by atoms with E-state index in [-0.39, 0.29) is 13.2 Å². The highest BCUT2D eigenvalue weighted by molar-refractivity contribution is 6.35. The summed E-state index contributed by atoms with van der Waals surface area (Å²) in [6, 6.07) is 17.2. The molecule has 0 aromatic heterocycles. The van der Waals surface area contributed by atoms with E-state index in [1.54, 1.807) is 36.3 Å². The quantitative estimate of drug-likeness (QED) is 0.605. The normalized spacial score (nSPS) is 13.8. The van der Waals surface area contributed by atoms with E-state index in [9.17, 15) is 9.59 Å². The van der Waals surface area contributed by atoms with Gasteiger partial charge in [-0.2, -0.15) is 0 Å². The summed E-state index contributed by atoms with van der Waals surface area (Å²) in [4.78, 5) is 28.2. The number of hydrogen-bond acceptors (Lipinski definition) is 5. The van der Waals surface area contributed by atoms with Gasteiger partial charge in [0.05, 0.1) is 13.7 Å². The van der Waals surface area contributed by atoms with Crippen LogP contribution in [0.2, 0.25) is 0 Å². The molecule has 1 heterocycles. The zero-order valence-electron chi connectivity index (χ0n) is 16.0. The van der Waals surface area contributed by atoms with Crippen LogP contribution in [0.15, 0.2) is 54.6 Å². The molecule has 0 atom stereocenters. The van der Waals surface area contributed by atoms with E-state index in [2.05, 4.69) is 10.2 Å². The summed E-state index contributed by atoms with van der Waals surface area (Å²) in [6.45, 7) is 3.04. The number of anilines is 1. The summed E-state index contributed by atoms with van der Waals surface area (Å²) in [5.41, 5.74) is 1.13. The molecule has 0 bridgehead atoms. The van der Waals surface area contributed by atoms with Gasteiger partial charge in [0.1, 0.15) is 18.1 Å². The Balaban J connectivity index is 1.37. The molecule has 0 aliphatic carbocycles. The highest BCUT2D eigenvalue weighted by atomic mass is 16.5. The molecule has 28 heavy (non-hydrogen) atoms. The number of ether oxygens (including phenoxy) is 2. The second kappa shape index (κ2) is 9.64. The van der Waals surface area contributed by atoms with Crippen molar-refractivity contribution in [2.45, 2.75) is 0 Å². The van der Waals surface area contributed by atoms with E-state index in [1.165, 1.54) is 0 Å². The fraction of sp³-hybridized carbons (Fsp3) is 0.333. The first kappa shape index (κ1) is 19.5. The van der Waals surface area contributed by atoms with Crippen molar-refractivity contribution in [2.24, 2.45) is 0 Å². The average molecular weight is 383 g/mol. The maximum Gasteiger partial charge on any atom is 0.312 e. The largest absolute Gasteiger partial charge is 0.497 e. The highest BCUT2D eigenvalue weighted by Gasteiger charge is 2.25. The van der Waals surface area contributed by atoms with Crippen LogP contribution in [0.5, 0.6) is 11.5 Å². The molecule has 1 N–H and O–H groups in total. The van der Waals surface area contributed by atoms with Gasteiger partial charge in [-0.15, -0.1) is 0 Å². The first-order valence-corrected chi connectivity index (χ1v) is 9.31. The number of benzene rings is 2. The summed E-state index contributed by atoms with van der Waals surface area (Å²) < 4.78 is 10.6. The predicted molar refractivity (Wildman–Crippen MR) is 107 cm³/mol. The lowest BCUT2D eigenvalue weighted by Gasteiger charge is -2.35. The number of nitrogens with zero attached hydrogens (tertiary/aromatic N) is 2. The first-order chi connectivity index (χ1) is 13.7. The Labute approximate surface area is 164 Å². The number of rotatable bonds is 6. The van der Waals surface area contributed by atoms with Gasteiger partial charge in [-0.25, -0.2) is 0 Å². The lowest BCUT2D eigenvalue weighted by Crippen LogP contribution is -2.53. The van der Waals surface area contributed by atoms with E-state index in [0.717, 1.165) is 11.4 Å². The molecule has 2 amide bonds. The number of hydrogen-bond donors (Lipinski definition) is 1. The Morgan fingerprint density at radius 2 is 1.57 bits per heavy atom. The number of carbonyl (C=O) groups excluding carboxylic acids is 2. The Morgan fingerprint density at radius 3 is 2.21 bits per heavy atom. The summed E-state index contributed by atoms with van der Waals surface area (Å²) in [7, 11) is 1.60. The van der Waals surface area contributed by atoms with Crippen LogP contribution in [0.1, 0.15) is 0 Å². The van der Waals surface area contributed by atoms with Gasteiger partial charge in [0.2, 0.25) is 0 Å². The number of nitrogens with one attached hydrogen (secondary N) is 1. The molecule has 2 aromatic rings. The molecule has 0 unspecified atom stereocenters. The van der Waals surface area contributed by atoms with Gasteiger partial charge in [0.25, 0.3) is 0 Å². The maximum absolute atomic E-state index is 12.3. The number of para-hydroxylation sites is 1. The molecule has 148 valence electrons. The molecule has 7 nitrogen and oxygen atoms in total. The predicted octanol–water partition coefficient (Wildman–Crippen LogP) is 1.54. The van der Waals surface area contributed by atoms with Crippen molar-refractivity contribution in [1.29, 1.82) is 0 Å². The van der Waals surface area contributed by atoms with Crippen molar-refractivity contribution in [3.63, 3.8) is 0 Å². The minimum atomic E-state index is -0.591. The van der Waals surface area contributed by atoms with Gasteiger partial charge in [-0.1, -0.05) is 18.2 Å². The third kappa shape index (κ3) is 5.16. The number of piperazine rings is 1. The SMILES string of the molecule is COc1ccc(OCCNC(=O)C(=O)N2CCN(c3ccccc3)CC2)cc1. The van der Waals surface area contributed by atoms with Crippen LogP contribution >= 0.6 is 0 Å². The zero-order valence-corrected chi connectivity index (χ0v) is 16.0. The fourth-order valence-electron chi connectivity index (χ4n) is 3.03. The Bertz CT molecular complexity index is 772. The van der Waals surface area contributed by atoms with Crippen molar-refractivity contribution < 1.29 is 19.1 Å². The van der Waals surface area contributed by atoms with Gasteiger partial charge in [0.15, 0.2) is 0 Å². The van der Waals surface area contributed by atoms with Crippen LogP contribution in [0.4, 0.5) is 5.69 Å². The Hall–Kier alpha value is -3.22. The minimum absolute atomic E-state index is 0.264. The van der Waals surface area contributed by atoms with Gasteiger partial charge >= 0.3 is 11.8 Å². The minimum Gasteiger partial charge on any atom is -0.497 e. The maximum atomic E-state index is 12.3. The molecular formula is C21H25N3O4. The summed E-state index contributed by atoms with van der Waals surface area (Å²) >= 11 is 0. The molecule has 0 radical (unpaired) electrons. The molecule has 1 fully saturated rings. The van der Waals surface area contributed by atoms with Crippen LogP contribution in [0, 0.1) is 0 Å². The van der Waals surface area contributed by atoms with Crippen molar-refractivity contribution in [2.75, 3.05) is 51.3 Å². The lowest BCUT2D eigenvalue weighted by atomic mass is 10.2. The van der Waals surface area contributed by atoms with Gasteiger partial charge < -0.3 is 24.6 Å². The van der Waals surface area contributed by atoms with Crippen molar-refractivity contribution in [1.82, 2.24) is 10.2 Å². The first-order valence-electron chi connectivity index (χ1n) is 9.31. The van der Waals surface area contributed by atoms with Crippen LogP contribution in [0.3, 0.4) is 0 Å². The van der Waals surface area contributed by atoms with E-state index in [4.69, 9.17) is 9.47 Å². The van der Waals surface area contributed by atoms with Gasteiger partial charge in [0, 0.05) is 31.9 Å². The molecular weight excluding hydrogens is 358 g/mol. The third-order valence-corrected chi connectivity index (χ3v) is 4.60. The molecule has 7 heteroatoms. The zero-order chi connectivity index (χ0) is 19.8. The Morgan fingerprint density at radius 1 is 0.929 bits per heavy atom. The molecule has 0 saturated carbocycles. The average Bonchev–Trinajstić information content (AvgIpc) is 2.77. The van der Waals surface area contributed by atoms with E-state index in [1.807, 2.05) is 30.3 Å². The monoisotopic (exact) mass is 383 g/mol. The molecule has 2 aromatic carbocycles. The topological polar surface area (TPSA) is 71.1 Å². The summed E-state index contributed by atoms with van der Waals surface area (Å²) in [6.07, 6.45) is 0. The van der Waals surface area contributed by atoms with E-state index in [0.29, 0.717) is 31.9 Å². The van der Waals surface area contributed by atoms with Crippen molar-refractivity contribution in [3.8, 4) is 11.5 Å². The van der Waals surface area contributed by atoms with Crippen LogP contribution < -0.4 is 19.7 Å². The number of amides is 2. The molecule has 3 rings (SSSR count). The molecule has 1 saturated heterocycles. The molecule has 0 spiro atoms. The second-order valence-corrected chi connectivity index (χ2v) is 6.39. The molecule has 1 aliphatic rings. The van der Waals surface area contributed by atoms with Crippen LogP contribution in [-0.2, 0) is 9.59 Å². The van der Waals surface area contributed by atoms with E-state index < -0.39 is 11.8 Å².